The molecule has 9 heteroatoms. The summed E-state index contributed by atoms with van der Waals surface area (Å²) in [4.78, 5) is 0. The molecule has 0 unspecified atom stereocenters. The molecule has 2 aromatic rings. The lowest BCUT2D eigenvalue weighted by Gasteiger charge is -2.21. The molecular formula is C16H20N2O6S. The maximum Gasteiger partial charge on any atom is 0.276 e. The van der Waals surface area contributed by atoms with Crippen molar-refractivity contribution < 1.29 is 28.1 Å². The summed E-state index contributed by atoms with van der Waals surface area (Å²) in [5.74, 6) is 2.69. The second kappa shape index (κ2) is 8.41. The van der Waals surface area contributed by atoms with Crippen LogP contribution in [0.2, 0.25) is 0 Å². The maximum absolute atomic E-state index is 5.74. The summed E-state index contributed by atoms with van der Waals surface area (Å²) in [6, 6.07) is 3.54. The molecule has 0 radical (unpaired) electrons. The highest BCUT2D eigenvalue weighted by Crippen LogP contribution is 2.41. The van der Waals surface area contributed by atoms with Gasteiger partial charge in [0.15, 0.2) is 11.5 Å². The van der Waals surface area contributed by atoms with Crippen molar-refractivity contribution in [3.63, 3.8) is 0 Å². The summed E-state index contributed by atoms with van der Waals surface area (Å²) in [6.07, 6.45) is 0.996. The fraction of sp³-hybridized carbons (Fsp3) is 0.500. The zero-order chi connectivity index (χ0) is 17.6. The highest BCUT2D eigenvalue weighted by molar-refractivity contribution is 7.99. The molecule has 3 rings (SSSR count). The number of rotatable bonds is 7. The maximum atomic E-state index is 5.74. The third-order valence-corrected chi connectivity index (χ3v) is 4.63. The number of thioether (sulfide) groups is 1. The van der Waals surface area contributed by atoms with Gasteiger partial charge in [0.1, 0.15) is 6.79 Å². The van der Waals surface area contributed by atoms with Crippen LogP contribution in [0.15, 0.2) is 21.8 Å². The molecule has 0 aliphatic carbocycles. The first-order valence-electron chi connectivity index (χ1n) is 7.71. The van der Waals surface area contributed by atoms with E-state index in [2.05, 4.69) is 10.2 Å². The second-order valence-corrected chi connectivity index (χ2v) is 6.17. The molecule has 1 aliphatic heterocycles. The highest BCUT2D eigenvalue weighted by atomic mass is 32.2. The summed E-state index contributed by atoms with van der Waals surface area (Å²) in [7, 11) is 4.67. The fourth-order valence-electron chi connectivity index (χ4n) is 2.39. The Morgan fingerprint density at radius 3 is 2.48 bits per heavy atom. The minimum absolute atomic E-state index is 0.135. The van der Waals surface area contributed by atoms with E-state index >= 15 is 0 Å². The quantitative estimate of drug-likeness (QED) is 0.685. The second-order valence-electron chi connectivity index (χ2n) is 5.20. The monoisotopic (exact) mass is 368 g/mol. The zero-order valence-electron chi connectivity index (χ0n) is 14.3. The average Bonchev–Trinajstić information content (AvgIpc) is 3.15. The van der Waals surface area contributed by atoms with Crippen molar-refractivity contribution in [2.75, 3.05) is 40.5 Å². The number of methoxy groups -OCH3 is 3. The van der Waals surface area contributed by atoms with Gasteiger partial charge in [-0.25, -0.2) is 0 Å². The minimum Gasteiger partial charge on any atom is -0.493 e. The topological polar surface area (TPSA) is 85.1 Å². The van der Waals surface area contributed by atoms with E-state index in [4.69, 9.17) is 28.1 Å². The summed E-state index contributed by atoms with van der Waals surface area (Å²) >= 11 is 1.46. The van der Waals surface area contributed by atoms with Gasteiger partial charge in [0, 0.05) is 11.3 Å². The average molecular weight is 368 g/mol. The molecule has 1 saturated heterocycles. The van der Waals surface area contributed by atoms with E-state index in [-0.39, 0.29) is 6.10 Å². The molecule has 0 spiro atoms. The SMILES string of the molecule is COc1cc(-c2nnc(SC[C@@H]3CCOCO3)o2)cc(OC)c1OC. The van der Waals surface area contributed by atoms with Gasteiger partial charge < -0.3 is 28.1 Å². The molecule has 0 N–H and O–H groups in total. The molecule has 2 heterocycles. The van der Waals surface area contributed by atoms with E-state index in [1.165, 1.54) is 11.8 Å². The van der Waals surface area contributed by atoms with E-state index in [0.29, 0.717) is 47.3 Å². The Hall–Kier alpha value is -1.97. The predicted octanol–water partition coefficient (Wildman–Crippen LogP) is 2.62. The molecule has 25 heavy (non-hydrogen) atoms. The van der Waals surface area contributed by atoms with Gasteiger partial charge in [-0.15, -0.1) is 10.2 Å². The summed E-state index contributed by atoms with van der Waals surface area (Å²) in [6.45, 7) is 1.05. The van der Waals surface area contributed by atoms with Crippen LogP contribution in [0.5, 0.6) is 17.2 Å². The van der Waals surface area contributed by atoms with Crippen LogP contribution < -0.4 is 14.2 Å². The van der Waals surface area contributed by atoms with Gasteiger partial charge in [0.25, 0.3) is 5.22 Å². The first-order valence-corrected chi connectivity index (χ1v) is 8.69. The molecule has 1 aromatic carbocycles. The number of ether oxygens (including phenoxy) is 5. The summed E-state index contributed by atoms with van der Waals surface area (Å²) in [5.41, 5.74) is 0.691. The Morgan fingerprint density at radius 1 is 1.12 bits per heavy atom. The van der Waals surface area contributed by atoms with Crippen LogP contribution in [-0.4, -0.2) is 56.8 Å². The zero-order valence-corrected chi connectivity index (χ0v) is 15.1. The Balaban J connectivity index is 1.74. The summed E-state index contributed by atoms with van der Waals surface area (Å²) < 4.78 is 32.4. The third kappa shape index (κ3) is 4.17. The van der Waals surface area contributed by atoms with Crippen LogP contribution in [0.1, 0.15) is 6.42 Å². The Labute approximate surface area is 149 Å². The number of aromatic nitrogens is 2. The number of nitrogens with zero attached hydrogens (tertiary/aromatic N) is 2. The van der Waals surface area contributed by atoms with Crippen molar-refractivity contribution in [2.24, 2.45) is 0 Å². The Morgan fingerprint density at radius 2 is 1.88 bits per heavy atom. The van der Waals surface area contributed by atoms with Crippen molar-refractivity contribution in [2.45, 2.75) is 17.7 Å². The Bertz CT molecular complexity index is 677. The molecule has 1 aliphatic rings. The van der Waals surface area contributed by atoms with Gasteiger partial charge in [-0.3, -0.25) is 0 Å². The largest absolute Gasteiger partial charge is 0.493 e. The molecule has 0 amide bonds. The lowest BCUT2D eigenvalue weighted by atomic mass is 10.2. The fourth-order valence-corrected chi connectivity index (χ4v) is 3.21. The molecular weight excluding hydrogens is 348 g/mol. The van der Waals surface area contributed by atoms with E-state index < -0.39 is 0 Å². The smallest absolute Gasteiger partial charge is 0.276 e. The van der Waals surface area contributed by atoms with Crippen molar-refractivity contribution >= 4 is 11.8 Å². The standard InChI is InChI=1S/C16H20N2O6S/c1-19-12-6-10(7-13(20-2)14(12)21-3)15-17-18-16(24-15)25-8-11-4-5-22-9-23-11/h6-7,11H,4-5,8-9H2,1-3H3/t11-/m0/s1. The first kappa shape index (κ1) is 17.8. The lowest BCUT2D eigenvalue weighted by Crippen LogP contribution is -2.25. The van der Waals surface area contributed by atoms with Crippen LogP contribution in [0.4, 0.5) is 0 Å². The molecule has 136 valence electrons. The van der Waals surface area contributed by atoms with Crippen molar-refractivity contribution in [3.8, 4) is 28.7 Å². The van der Waals surface area contributed by atoms with E-state index in [0.717, 1.165) is 12.2 Å². The van der Waals surface area contributed by atoms with E-state index in [9.17, 15) is 0 Å². The van der Waals surface area contributed by atoms with Crippen LogP contribution >= 0.6 is 11.8 Å². The van der Waals surface area contributed by atoms with Gasteiger partial charge in [0.2, 0.25) is 11.6 Å². The summed E-state index contributed by atoms with van der Waals surface area (Å²) in [5, 5.41) is 8.66. The normalized spacial score (nSPS) is 17.3. The van der Waals surface area contributed by atoms with E-state index in [1.807, 2.05) is 0 Å². The van der Waals surface area contributed by atoms with Crippen LogP contribution in [0, 0.1) is 0 Å². The molecule has 0 bridgehead atoms. The molecule has 1 fully saturated rings. The molecule has 1 aromatic heterocycles. The Kier molecular flexibility index (Phi) is 6.00. The van der Waals surface area contributed by atoms with Crippen LogP contribution in [0.3, 0.4) is 0 Å². The molecule has 8 nitrogen and oxygen atoms in total. The van der Waals surface area contributed by atoms with Crippen molar-refractivity contribution in [1.29, 1.82) is 0 Å². The van der Waals surface area contributed by atoms with Gasteiger partial charge >= 0.3 is 0 Å². The number of benzene rings is 1. The molecule has 1 atom stereocenters. The molecule has 0 saturated carbocycles. The van der Waals surface area contributed by atoms with Crippen molar-refractivity contribution in [1.82, 2.24) is 10.2 Å². The number of hydrogen-bond donors (Lipinski definition) is 0. The lowest BCUT2D eigenvalue weighted by molar-refractivity contribution is -0.130. The minimum atomic E-state index is 0.135. The van der Waals surface area contributed by atoms with Gasteiger partial charge in [-0.1, -0.05) is 11.8 Å². The van der Waals surface area contributed by atoms with Crippen molar-refractivity contribution in [3.05, 3.63) is 12.1 Å². The van der Waals surface area contributed by atoms with Crippen LogP contribution in [0.25, 0.3) is 11.5 Å². The predicted molar refractivity (Wildman–Crippen MR) is 90.4 cm³/mol. The van der Waals surface area contributed by atoms with Gasteiger partial charge in [0.05, 0.1) is 34.0 Å². The van der Waals surface area contributed by atoms with Gasteiger partial charge in [-0.2, -0.15) is 0 Å². The highest BCUT2D eigenvalue weighted by Gasteiger charge is 2.19. The number of hydrogen-bond acceptors (Lipinski definition) is 9. The third-order valence-electron chi connectivity index (χ3n) is 3.68. The van der Waals surface area contributed by atoms with E-state index in [1.54, 1.807) is 33.5 Å². The first-order chi connectivity index (χ1) is 12.2. The van der Waals surface area contributed by atoms with Crippen LogP contribution in [-0.2, 0) is 9.47 Å². The van der Waals surface area contributed by atoms with Gasteiger partial charge in [-0.05, 0) is 18.6 Å².